The standard InChI is InChI=1S/C21H19F2N5O/c1-3-28-19-7-5-15(25-13(2)29)11-18(19)26-20(28)12-27-9-8-24-21(27)16-10-14(22)4-6-17(16)23/h4-11H,3,12H2,1-2H3,(H,25,29). The van der Waals surface area contributed by atoms with Crippen LogP contribution < -0.4 is 5.32 Å². The zero-order chi connectivity index (χ0) is 20.5. The third kappa shape index (κ3) is 3.61. The molecular weight excluding hydrogens is 376 g/mol. The maximum Gasteiger partial charge on any atom is 0.221 e. The number of aryl methyl sites for hydroxylation is 1. The number of rotatable bonds is 5. The smallest absolute Gasteiger partial charge is 0.221 e. The maximum atomic E-state index is 14.2. The van der Waals surface area contributed by atoms with E-state index in [9.17, 15) is 13.6 Å². The van der Waals surface area contributed by atoms with Crippen molar-refractivity contribution in [1.82, 2.24) is 19.1 Å². The highest BCUT2D eigenvalue weighted by Crippen LogP contribution is 2.25. The Bertz CT molecular complexity index is 1210. The highest BCUT2D eigenvalue weighted by Gasteiger charge is 2.16. The molecule has 0 atom stereocenters. The number of fused-ring (bicyclic) bond motifs is 1. The number of halogens is 2. The molecule has 2 heterocycles. The molecule has 8 heteroatoms. The zero-order valence-electron chi connectivity index (χ0n) is 16.0. The van der Waals surface area contributed by atoms with Crippen molar-refractivity contribution >= 4 is 22.6 Å². The zero-order valence-corrected chi connectivity index (χ0v) is 16.0. The van der Waals surface area contributed by atoms with E-state index in [0.29, 0.717) is 24.6 Å². The van der Waals surface area contributed by atoms with Crippen molar-refractivity contribution in [2.24, 2.45) is 0 Å². The number of nitrogens with zero attached hydrogens (tertiary/aromatic N) is 4. The SMILES string of the molecule is CCn1c(Cn2ccnc2-c2cc(F)ccc2F)nc2cc(NC(C)=O)ccc21. The molecule has 29 heavy (non-hydrogen) atoms. The van der Waals surface area contributed by atoms with Crippen molar-refractivity contribution in [3.63, 3.8) is 0 Å². The molecular formula is C21H19F2N5O. The van der Waals surface area contributed by atoms with E-state index in [1.54, 1.807) is 17.0 Å². The molecule has 0 aliphatic heterocycles. The topological polar surface area (TPSA) is 64.7 Å². The molecule has 0 aliphatic rings. The summed E-state index contributed by atoms with van der Waals surface area (Å²) in [5.74, 6) is -0.140. The van der Waals surface area contributed by atoms with Gasteiger partial charge in [0.15, 0.2) is 0 Å². The van der Waals surface area contributed by atoms with Crippen LogP contribution >= 0.6 is 0 Å². The van der Waals surface area contributed by atoms with E-state index < -0.39 is 11.6 Å². The quantitative estimate of drug-likeness (QED) is 0.551. The number of anilines is 1. The predicted octanol–water partition coefficient (Wildman–Crippen LogP) is 4.20. The van der Waals surface area contributed by atoms with Crippen LogP contribution in [0.15, 0.2) is 48.8 Å². The molecule has 0 radical (unpaired) electrons. The van der Waals surface area contributed by atoms with Gasteiger partial charge in [0.1, 0.15) is 23.3 Å². The molecule has 0 bridgehead atoms. The van der Waals surface area contributed by atoms with Gasteiger partial charge in [-0.3, -0.25) is 4.79 Å². The lowest BCUT2D eigenvalue weighted by molar-refractivity contribution is -0.114. The summed E-state index contributed by atoms with van der Waals surface area (Å²) in [6, 6.07) is 8.85. The molecule has 0 aliphatic carbocycles. The number of benzene rings is 2. The van der Waals surface area contributed by atoms with Gasteiger partial charge in [-0.2, -0.15) is 0 Å². The van der Waals surface area contributed by atoms with E-state index in [1.165, 1.54) is 6.92 Å². The van der Waals surface area contributed by atoms with E-state index in [2.05, 4.69) is 10.3 Å². The lowest BCUT2D eigenvalue weighted by atomic mass is 10.2. The Balaban J connectivity index is 1.74. The van der Waals surface area contributed by atoms with E-state index >= 15 is 0 Å². The van der Waals surface area contributed by atoms with E-state index in [4.69, 9.17) is 4.98 Å². The van der Waals surface area contributed by atoms with Gasteiger partial charge in [-0.15, -0.1) is 0 Å². The van der Waals surface area contributed by atoms with E-state index in [0.717, 1.165) is 35.1 Å². The molecule has 0 spiro atoms. The molecule has 0 saturated heterocycles. The number of imidazole rings is 2. The molecule has 2 aromatic heterocycles. The highest BCUT2D eigenvalue weighted by atomic mass is 19.1. The average molecular weight is 395 g/mol. The molecule has 1 amide bonds. The fourth-order valence-electron chi connectivity index (χ4n) is 3.44. The number of nitrogens with one attached hydrogen (secondary N) is 1. The molecule has 2 aromatic carbocycles. The molecule has 0 fully saturated rings. The molecule has 6 nitrogen and oxygen atoms in total. The van der Waals surface area contributed by atoms with E-state index in [-0.39, 0.29) is 11.5 Å². The molecule has 4 rings (SSSR count). The van der Waals surface area contributed by atoms with Crippen LogP contribution in [0.5, 0.6) is 0 Å². The predicted molar refractivity (Wildman–Crippen MR) is 106 cm³/mol. The first-order chi connectivity index (χ1) is 14.0. The number of amides is 1. The second-order valence-corrected chi connectivity index (χ2v) is 6.66. The minimum absolute atomic E-state index is 0.0992. The van der Waals surface area contributed by atoms with Gasteiger partial charge in [0.25, 0.3) is 0 Å². The van der Waals surface area contributed by atoms with Crippen LogP contribution in [0.25, 0.3) is 22.4 Å². The Morgan fingerprint density at radius 2 is 2.00 bits per heavy atom. The van der Waals surface area contributed by atoms with Crippen molar-refractivity contribution in [1.29, 1.82) is 0 Å². The van der Waals surface area contributed by atoms with Gasteiger partial charge in [0, 0.05) is 31.5 Å². The van der Waals surface area contributed by atoms with Gasteiger partial charge in [-0.1, -0.05) is 0 Å². The van der Waals surface area contributed by atoms with Gasteiger partial charge in [-0.25, -0.2) is 18.7 Å². The van der Waals surface area contributed by atoms with Crippen LogP contribution in [-0.4, -0.2) is 25.0 Å². The van der Waals surface area contributed by atoms with Crippen LogP contribution in [0.1, 0.15) is 19.7 Å². The molecule has 0 saturated carbocycles. The first kappa shape index (κ1) is 18.8. The summed E-state index contributed by atoms with van der Waals surface area (Å²) in [5, 5.41) is 2.75. The summed E-state index contributed by atoms with van der Waals surface area (Å²) < 4.78 is 31.6. The Morgan fingerprint density at radius 3 is 2.76 bits per heavy atom. The average Bonchev–Trinajstić information content (AvgIpc) is 3.27. The monoisotopic (exact) mass is 395 g/mol. The van der Waals surface area contributed by atoms with Crippen molar-refractivity contribution in [2.75, 3.05) is 5.32 Å². The summed E-state index contributed by atoms with van der Waals surface area (Å²) >= 11 is 0. The summed E-state index contributed by atoms with van der Waals surface area (Å²) in [5.41, 5.74) is 2.44. The second kappa shape index (κ2) is 7.46. The van der Waals surface area contributed by atoms with Crippen molar-refractivity contribution in [2.45, 2.75) is 26.9 Å². The maximum absolute atomic E-state index is 14.2. The fraction of sp³-hybridized carbons (Fsp3) is 0.190. The Morgan fingerprint density at radius 1 is 1.17 bits per heavy atom. The van der Waals surface area contributed by atoms with E-state index in [1.807, 2.05) is 29.7 Å². The van der Waals surface area contributed by atoms with Gasteiger partial charge in [0.2, 0.25) is 5.91 Å². The third-order valence-corrected chi connectivity index (χ3v) is 4.66. The van der Waals surface area contributed by atoms with Crippen molar-refractivity contribution in [3.8, 4) is 11.4 Å². The van der Waals surface area contributed by atoms with Crippen LogP contribution in [0, 0.1) is 11.6 Å². The summed E-state index contributed by atoms with van der Waals surface area (Å²) in [4.78, 5) is 20.2. The van der Waals surface area contributed by atoms with Crippen molar-refractivity contribution < 1.29 is 13.6 Å². The van der Waals surface area contributed by atoms with Gasteiger partial charge >= 0.3 is 0 Å². The Hall–Kier alpha value is -3.55. The minimum atomic E-state index is -0.539. The Kier molecular flexibility index (Phi) is 4.84. The second-order valence-electron chi connectivity index (χ2n) is 6.66. The van der Waals surface area contributed by atoms with Gasteiger partial charge in [0.05, 0.1) is 23.1 Å². The molecule has 0 unspecified atom stereocenters. The van der Waals surface area contributed by atoms with Crippen LogP contribution in [-0.2, 0) is 17.9 Å². The Labute approximate surface area is 165 Å². The number of carbonyl (C=O) groups is 1. The summed E-state index contributed by atoms with van der Waals surface area (Å²) in [7, 11) is 0. The third-order valence-electron chi connectivity index (χ3n) is 4.66. The van der Waals surface area contributed by atoms with Gasteiger partial charge < -0.3 is 14.5 Å². The first-order valence-electron chi connectivity index (χ1n) is 9.19. The molecule has 148 valence electrons. The lowest BCUT2D eigenvalue weighted by Gasteiger charge is -2.10. The fourth-order valence-corrected chi connectivity index (χ4v) is 3.44. The number of carbonyl (C=O) groups excluding carboxylic acids is 1. The van der Waals surface area contributed by atoms with Crippen LogP contribution in [0.4, 0.5) is 14.5 Å². The number of aromatic nitrogens is 4. The van der Waals surface area contributed by atoms with Crippen molar-refractivity contribution in [3.05, 3.63) is 66.3 Å². The highest BCUT2D eigenvalue weighted by molar-refractivity contribution is 5.91. The number of hydrogen-bond acceptors (Lipinski definition) is 3. The van der Waals surface area contributed by atoms with Crippen LogP contribution in [0.2, 0.25) is 0 Å². The minimum Gasteiger partial charge on any atom is -0.327 e. The summed E-state index contributed by atoms with van der Waals surface area (Å²) in [6.45, 7) is 4.48. The lowest BCUT2D eigenvalue weighted by Crippen LogP contribution is -2.09. The molecule has 1 N–H and O–H groups in total. The van der Waals surface area contributed by atoms with Crippen LogP contribution in [0.3, 0.4) is 0 Å². The molecule has 4 aromatic rings. The first-order valence-corrected chi connectivity index (χ1v) is 9.19. The van der Waals surface area contributed by atoms with Gasteiger partial charge in [-0.05, 0) is 43.3 Å². The normalized spacial score (nSPS) is 11.2. The largest absolute Gasteiger partial charge is 0.327 e. The number of hydrogen-bond donors (Lipinski definition) is 1. The summed E-state index contributed by atoms with van der Waals surface area (Å²) in [6.07, 6.45) is 3.26.